The number of hydrogen-bond acceptors (Lipinski definition) is 7. The maximum Gasteiger partial charge on any atom is 0.251 e. The van der Waals surface area contributed by atoms with Crippen molar-refractivity contribution in [1.82, 2.24) is 10.6 Å². The molecule has 1 aliphatic heterocycles. The van der Waals surface area contributed by atoms with Crippen LogP contribution < -0.4 is 10.6 Å². The molecular formula is C23H27ClN2O7. The highest BCUT2D eigenvalue weighted by molar-refractivity contribution is 6.31. The molecule has 0 unspecified atom stereocenters. The van der Waals surface area contributed by atoms with Gasteiger partial charge in [0, 0.05) is 36.7 Å². The SMILES string of the molecule is CNC(=O)c1cc(C(=O)NC)cc(-c2ccc(C[C@H]3O[C@H](CO)[C@@H](O)[C@H](O)[C@@H]3O)c(Cl)c2)c1. The molecule has 33 heavy (non-hydrogen) atoms. The zero-order chi connectivity index (χ0) is 24.3. The number of benzene rings is 2. The molecule has 5 atom stereocenters. The van der Waals surface area contributed by atoms with Gasteiger partial charge in [-0.1, -0.05) is 23.7 Å². The Kier molecular flexibility index (Phi) is 8.06. The van der Waals surface area contributed by atoms with E-state index >= 15 is 0 Å². The lowest BCUT2D eigenvalue weighted by molar-refractivity contribution is -0.228. The largest absolute Gasteiger partial charge is 0.394 e. The van der Waals surface area contributed by atoms with Crippen LogP contribution >= 0.6 is 11.6 Å². The molecule has 0 aliphatic carbocycles. The first-order chi connectivity index (χ1) is 15.7. The van der Waals surface area contributed by atoms with Crippen molar-refractivity contribution >= 4 is 23.4 Å². The van der Waals surface area contributed by atoms with Gasteiger partial charge in [0.2, 0.25) is 0 Å². The molecule has 0 bridgehead atoms. The van der Waals surface area contributed by atoms with Gasteiger partial charge in [-0.05, 0) is 41.0 Å². The van der Waals surface area contributed by atoms with Crippen molar-refractivity contribution in [3.8, 4) is 11.1 Å². The molecule has 9 nitrogen and oxygen atoms in total. The number of nitrogens with one attached hydrogen (secondary N) is 2. The van der Waals surface area contributed by atoms with Crippen LogP contribution in [0.15, 0.2) is 36.4 Å². The van der Waals surface area contributed by atoms with E-state index in [0.29, 0.717) is 32.8 Å². The average molecular weight is 479 g/mol. The summed E-state index contributed by atoms with van der Waals surface area (Å²) in [6.45, 7) is -0.510. The third-order valence-corrected chi connectivity index (χ3v) is 6.06. The van der Waals surface area contributed by atoms with Crippen LogP contribution in [0.1, 0.15) is 26.3 Å². The van der Waals surface area contributed by atoms with E-state index in [4.69, 9.17) is 16.3 Å². The summed E-state index contributed by atoms with van der Waals surface area (Å²) in [5.74, 6) is -0.681. The summed E-state index contributed by atoms with van der Waals surface area (Å²) in [7, 11) is 3.00. The van der Waals surface area contributed by atoms with Crippen molar-refractivity contribution in [3.63, 3.8) is 0 Å². The summed E-state index contributed by atoms with van der Waals surface area (Å²) < 4.78 is 5.56. The van der Waals surface area contributed by atoms with Gasteiger partial charge >= 0.3 is 0 Å². The fourth-order valence-corrected chi connectivity index (χ4v) is 4.06. The predicted molar refractivity (Wildman–Crippen MR) is 121 cm³/mol. The minimum absolute atomic E-state index is 0.127. The molecule has 0 saturated carbocycles. The second kappa shape index (κ2) is 10.6. The van der Waals surface area contributed by atoms with Crippen LogP contribution in [0, 0.1) is 0 Å². The lowest BCUT2D eigenvalue weighted by Gasteiger charge is -2.40. The van der Waals surface area contributed by atoms with Gasteiger partial charge in [0.15, 0.2) is 0 Å². The second-order valence-electron chi connectivity index (χ2n) is 7.83. The highest BCUT2D eigenvalue weighted by atomic mass is 35.5. The van der Waals surface area contributed by atoms with Crippen LogP contribution in [0.3, 0.4) is 0 Å². The predicted octanol–water partition coefficient (Wildman–Crippen LogP) is 0.111. The Morgan fingerprint density at radius 3 is 1.97 bits per heavy atom. The van der Waals surface area contributed by atoms with Gasteiger partial charge in [0.1, 0.15) is 24.4 Å². The van der Waals surface area contributed by atoms with Gasteiger partial charge in [0.25, 0.3) is 11.8 Å². The highest BCUT2D eigenvalue weighted by Gasteiger charge is 2.43. The molecule has 10 heteroatoms. The van der Waals surface area contributed by atoms with Crippen LogP contribution in [0.4, 0.5) is 0 Å². The van der Waals surface area contributed by atoms with E-state index in [9.17, 15) is 30.0 Å². The van der Waals surface area contributed by atoms with Gasteiger partial charge in [-0.15, -0.1) is 0 Å². The van der Waals surface area contributed by atoms with Crippen LogP contribution in [0.5, 0.6) is 0 Å². The van der Waals surface area contributed by atoms with E-state index in [2.05, 4.69) is 10.6 Å². The number of aliphatic hydroxyl groups is 4. The van der Waals surface area contributed by atoms with Crippen molar-refractivity contribution < 1.29 is 34.8 Å². The smallest absolute Gasteiger partial charge is 0.251 e. The highest BCUT2D eigenvalue weighted by Crippen LogP contribution is 2.31. The molecule has 2 amide bonds. The monoisotopic (exact) mass is 478 g/mol. The molecule has 0 radical (unpaired) electrons. The summed E-state index contributed by atoms with van der Waals surface area (Å²) in [6, 6.07) is 9.92. The minimum Gasteiger partial charge on any atom is -0.394 e. The second-order valence-corrected chi connectivity index (χ2v) is 8.24. The molecule has 0 spiro atoms. The number of hydrogen-bond donors (Lipinski definition) is 6. The minimum atomic E-state index is -1.46. The Balaban J connectivity index is 1.90. The van der Waals surface area contributed by atoms with Gasteiger partial charge in [-0.2, -0.15) is 0 Å². The van der Waals surface area contributed by atoms with E-state index in [-0.39, 0.29) is 18.2 Å². The maximum atomic E-state index is 12.2. The zero-order valence-corrected chi connectivity index (χ0v) is 18.9. The fraction of sp³-hybridized carbons (Fsp3) is 0.391. The number of halogens is 1. The zero-order valence-electron chi connectivity index (χ0n) is 18.2. The first kappa shape index (κ1) is 25.1. The summed E-state index contributed by atoms with van der Waals surface area (Å²) in [4.78, 5) is 24.3. The average Bonchev–Trinajstić information content (AvgIpc) is 2.83. The van der Waals surface area contributed by atoms with Gasteiger partial charge < -0.3 is 35.8 Å². The number of ether oxygens (including phenoxy) is 1. The van der Waals surface area contributed by atoms with Gasteiger partial charge in [-0.25, -0.2) is 0 Å². The van der Waals surface area contributed by atoms with Crippen LogP contribution in [0.25, 0.3) is 11.1 Å². The number of rotatable bonds is 6. The Morgan fingerprint density at radius 2 is 1.45 bits per heavy atom. The topological polar surface area (TPSA) is 148 Å². The third-order valence-electron chi connectivity index (χ3n) is 5.71. The molecule has 1 saturated heterocycles. The molecule has 1 heterocycles. The first-order valence-electron chi connectivity index (χ1n) is 10.4. The molecule has 0 aromatic heterocycles. The summed E-state index contributed by atoms with van der Waals surface area (Å²) >= 11 is 6.48. The lowest BCUT2D eigenvalue weighted by Crippen LogP contribution is -2.59. The van der Waals surface area contributed by atoms with Gasteiger partial charge in [0.05, 0.1) is 12.7 Å². The Hall–Kier alpha value is -2.53. The van der Waals surface area contributed by atoms with E-state index in [1.165, 1.54) is 20.2 Å². The van der Waals surface area contributed by atoms with Crippen molar-refractivity contribution in [2.75, 3.05) is 20.7 Å². The summed E-state index contributed by atoms with van der Waals surface area (Å²) in [5.41, 5.74) is 2.51. The van der Waals surface area contributed by atoms with Crippen molar-refractivity contribution in [3.05, 3.63) is 58.1 Å². The Labute approximate surface area is 196 Å². The van der Waals surface area contributed by atoms with Crippen LogP contribution in [-0.2, 0) is 11.2 Å². The molecule has 2 aromatic carbocycles. The summed E-state index contributed by atoms with van der Waals surface area (Å²) in [6.07, 6.45) is -6.02. The number of carbonyl (C=O) groups excluding carboxylic acids is 2. The van der Waals surface area contributed by atoms with E-state index in [1.54, 1.807) is 30.3 Å². The summed E-state index contributed by atoms with van der Waals surface area (Å²) in [5, 5.41) is 45.0. The maximum absolute atomic E-state index is 12.2. The third kappa shape index (κ3) is 5.35. The molecule has 1 aliphatic rings. The number of carbonyl (C=O) groups is 2. The first-order valence-corrected chi connectivity index (χ1v) is 10.8. The molecular weight excluding hydrogens is 452 g/mol. The quantitative estimate of drug-likeness (QED) is 0.345. The van der Waals surface area contributed by atoms with Crippen molar-refractivity contribution in [1.29, 1.82) is 0 Å². The Morgan fingerprint density at radius 1 is 0.879 bits per heavy atom. The molecule has 2 aromatic rings. The van der Waals surface area contributed by atoms with Crippen LogP contribution in [-0.4, -0.2) is 83.5 Å². The molecule has 1 fully saturated rings. The fourth-order valence-electron chi connectivity index (χ4n) is 3.80. The van der Waals surface area contributed by atoms with E-state index < -0.39 is 37.1 Å². The molecule has 3 rings (SSSR count). The lowest BCUT2D eigenvalue weighted by atomic mass is 9.91. The van der Waals surface area contributed by atoms with E-state index in [1.807, 2.05) is 0 Å². The number of aliphatic hydroxyl groups excluding tert-OH is 4. The molecule has 178 valence electrons. The van der Waals surface area contributed by atoms with E-state index in [0.717, 1.165) is 0 Å². The van der Waals surface area contributed by atoms with Crippen molar-refractivity contribution in [2.24, 2.45) is 0 Å². The normalized spacial score (nSPS) is 24.9. The van der Waals surface area contributed by atoms with Crippen molar-refractivity contribution in [2.45, 2.75) is 36.9 Å². The van der Waals surface area contributed by atoms with Crippen LogP contribution in [0.2, 0.25) is 5.02 Å². The molecule has 6 N–H and O–H groups in total. The standard InChI is InChI=1S/C23H27ClN2O7/c1-25-22(31)14-5-13(6-15(7-14)23(32)26-2)11-3-4-12(16(24)8-11)9-17-19(28)21(30)20(29)18(10-27)33-17/h3-8,17-21,27-30H,9-10H2,1-2H3,(H,25,31)(H,26,32)/t17-,18-,19-,20-,21-/m1/s1. The van der Waals surface area contributed by atoms with Gasteiger partial charge in [-0.3, -0.25) is 9.59 Å². The number of amides is 2. The Bertz CT molecular complexity index is 996.